The summed E-state index contributed by atoms with van der Waals surface area (Å²) in [4.78, 5) is 4.58. The summed E-state index contributed by atoms with van der Waals surface area (Å²) in [5, 5.41) is 19.9. The van der Waals surface area contributed by atoms with Gasteiger partial charge in [0.25, 0.3) is 0 Å². The molecule has 0 radical (unpaired) electrons. The number of hydrogen-bond acceptors (Lipinski definition) is 7. The Hall–Kier alpha value is -2.83. The molecule has 260 valence electrons. The Morgan fingerprint density at radius 3 is 2.38 bits per heavy atom. The lowest BCUT2D eigenvalue weighted by Crippen LogP contribution is -2.44. The number of rotatable bonds is 14. The van der Waals surface area contributed by atoms with Crippen LogP contribution in [0.1, 0.15) is 87.0 Å². The van der Waals surface area contributed by atoms with E-state index >= 15 is 0 Å². The zero-order valence-corrected chi connectivity index (χ0v) is 29.2. The molecule has 0 bridgehead atoms. The molecule has 6 rings (SSSR count). The lowest BCUT2D eigenvalue weighted by atomic mass is 9.74. The maximum atomic E-state index is 11.8. The fourth-order valence-corrected chi connectivity index (χ4v) is 7.21. The fraction of sp³-hybridized carbons (Fsp3) is 0.585. The summed E-state index contributed by atoms with van der Waals surface area (Å²) < 4.78 is 16.7. The number of para-hydroxylation sites is 1. The molecule has 3 heterocycles. The highest BCUT2D eigenvalue weighted by Crippen LogP contribution is 2.41. The Balaban J connectivity index is 0.000000188. The number of hydrogen-bond donors (Lipinski definition) is 3. The standard InChI is InChI=1S/C21H29NO2.C20H28N2O2/c1-23-14-5-15-24-21(19-7-4-13-22-16-19)20-8-3-2-6-18(20)12-11-17-9-10-17;1-24-14-3-2-11-20(23,17-9-6-12-21-15-17)18-10-4-7-16-8-5-13-22-19(16)18/h2-3,6,8,17,19,21-22H,4-5,7,9-10,13-16H2,1H3;4-5,7-8,10,13,17,21,23H,2-3,6,9,11-12,14-15H2,1H3/t19-,21-;17-,20+/m11/s1. The van der Waals surface area contributed by atoms with Crippen molar-refractivity contribution in [2.24, 2.45) is 17.8 Å². The van der Waals surface area contributed by atoms with Crippen LogP contribution in [0, 0.1) is 29.6 Å². The third-order valence-electron chi connectivity index (χ3n) is 10.0. The third-order valence-corrected chi connectivity index (χ3v) is 10.0. The van der Waals surface area contributed by atoms with Crippen LogP contribution in [0.5, 0.6) is 0 Å². The lowest BCUT2D eigenvalue weighted by molar-refractivity contribution is -0.0423. The molecule has 7 heteroatoms. The topological polar surface area (TPSA) is 84.9 Å². The lowest BCUT2D eigenvalue weighted by Gasteiger charge is -2.39. The van der Waals surface area contributed by atoms with Crippen LogP contribution < -0.4 is 10.6 Å². The summed E-state index contributed by atoms with van der Waals surface area (Å²) in [6, 6.07) is 18.7. The largest absolute Gasteiger partial charge is 0.385 e. The summed E-state index contributed by atoms with van der Waals surface area (Å²) in [6.45, 7) is 6.29. The van der Waals surface area contributed by atoms with Gasteiger partial charge in [0, 0.05) is 87.6 Å². The van der Waals surface area contributed by atoms with E-state index in [2.05, 4.69) is 69.9 Å². The van der Waals surface area contributed by atoms with Gasteiger partial charge in [-0.25, -0.2) is 0 Å². The Labute approximate surface area is 288 Å². The average Bonchev–Trinajstić information content (AvgIpc) is 3.98. The van der Waals surface area contributed by atoms with Crippen LogP contribution in [-0.2, 0) is 19.8 Å². The highest BCUT2D eigenvalue weighted by Gasteiger charge is 2.40. The SMILES string of the molecule is COCCCC[C@@](O)(c1cccc2cccnc12)[C@@H]1CCCNC1.COCCCO[C@@H](c1ccccc1C#CC1CC1)[C@@H]1CCCNC1. The van der Waals surface area contributed by atoms with Gasteiger partial charge in [-0.2, -0.15) is 0 Å². The van der Waals surface area contributed by atoms with Crippen LogP contribution in [0.3, 0.4) is 0 Å². The summed E-state index contributed by atoms with van der Waals surface area (Å²) in [6.07, 6.45) is 12.7. The van der Waals surface area contributed by atoms with Crippen LogP contribution in [0.2, 0.25) is 0 Å². The molecule has 3 fully saturated rings. The number of nitrogens with zero attached hydrogens (tertiary/aromatic N) is 1. The van der Waals surface area contributed by atoms with Gasteiger partial charge in [0.05, 0.1) is 17.2 Å². The number of fused-ring (bicyclic) bond motifs is 1. The summed E-state index contributed by atoms with van der Waals surface area (Å²) in [7, 11) is 3.47. The number of nitrogens with one attached hydrogen (secondary N) is 2. The molecule has 3 aliphatic rings. The van der Waals surface area contributed by atoms with Gasteiger partial charge in [0.2, 0.25) is 0 Å². The van der Waals surface area contributed by atoms with Gasteiger partial charge in [0.1, 0.15) is 0 Å². The van der Waals surface area contributed by atoms with E-state index in [1.807, 2.05) is 18.3 Å². The van der Waals surface area contributed by atoms with Gasteiger partial charge in [-0.05, 0) is 95.0 Å². The third kappa shape index (κ3) is 10.3. The second kappa shape index (κ2) is 19.4. The molecule has 2 aromatic carbocycles. The molecule has 48 heavy (non-hydrogen) atoms. The van der Waals surface area contributed by atoms with Crippen LogP contribution >= 0.6 is 0 Å². The van der Waals surface area contributed by atoms with Gasteiger partial charge >= 0.3 is 0 Å². The van der Waals surface area contributed by atoms with Crippen molar-refractivity contribution >= 4 is 10.9 Å². The van der Waals surface area contributed by atoms with E-state index in [9.17, 15) is 5.11 Å². The summed E-state index contributed by atoms with van der Waals surface area (Å²) in [5.74, 6) is 8.19. The number of piperidine rings is 2. The van der Waals surface area contributed by atoms with Gasteiger partial charge < -0.3 is 30.0 Å². The van der Waals surface area contributed by atoms with Crippen LogP contribution in [0.4, 0.5) is 0 Å². The van der Waals surface area contributed by atoms with E-state index in [0.717, 1.165) is 107 Å². The van der Waals surface area contributed by atoms with E-state index in [4.69, 9.17) is 14.2 Å². The quantitative estimate of drug-likeness (QED) is 0.130. The Kier molecular flexibility index (Phi) is 14.7. The molecule has 0 unspecified atom stereocenters. The number of aliphatic hydroxyl groups is 1. The molecule has 1 aliphatic carbocycles. The Morgan fingerprint density at radius 2 is 1.62 bits per heavy atom. The highest BCUT2D eigenvalue weighted by molar-refractivity contribution is 5.82. The first-order valence-electron chi connectivity index (χ1n) is 18.3. The molecule has 0 amide bonds. The molecule has 2 aliphatic heterocycles. The predicted molar refractivity (Wildman–Crippen MR) is 194 cm³/mol. The molecule has 1 saturated carbocycles. The van der Waals surface area contributed by atoms with E-state index in [1.165, 1.54) is 31.2 Å². The second-order valence-electron chi connectivity index (χ2n) is 13.7. The molecule has 7 nitrogen and oxygen atoms in total. The van der Waals surface area contributed by atoms with Crippen molar-refractivity contribution in [2.45, 2.75) is 75.9 Å². The van der Waals surface area contributed by atoms with Crippen LogP contribution in [0.15, 0.2) is 60.8 Å². The van der Waals surface area contributed by atoms with Crippen LogP contribution in [0.25, 0.3) is 10.9 Å². The number of benzene rings is 2. The zero-order chi connectivity index (χ0) is 33.4. The Morgan fingerprint density at radius 1 is 0.854 bits per heavy atom. The first kappa shape index (κ1) is 36.5. The minimum atomic E-state index is -0.838. The smallest absolute Gasteiger partial charge is 0.0957 e. The van der Waals surface area contributed by atoms with Crippen molar-refractivity contribution in [2.75, 3.05) is 60.2 Å². The normalized spacial score (nSPS) is 21.3. The van der Waals surface area contributed by atoms with Crippen molar-refractivity contribution in [3.63, 3.8) is 0 Å². The molecule has 2 saturated heterocycles. The molecular formula is C41H57N3O4. The van der Waals surface area contributed by atoms with Crippen molar-refractivity contribution in [3.05, 3.63) is 77.5 Å². The minimum absolute atomic E-state index is 0.124. The van der Waals surface area contributed by atoms with Crippen LogP contribution in [-0.4, -0.2) is 70.3 Å². The van der Waals surface area contributed by atoms with E-state index in [-0.39, 0.29) is 12.0 Å². The van der Waals surface area contributed by atoms with Gasteiger partial charge in [-0.1, -0.05) is 54.3 Å². The van der Waals surface area contributed by atoms with Crippen molar-refractivity contribution in [1.29, 1.82) is 0 Å². The number of unbranched alkanes of at least 4 members (excludes halogenated alkanes) is 1. The number of pyridine rings is 1. The number of methoxy groups -OCH3 is 2. The first-order chi connectivity index (χ1) is 23.6. The monoisotopic (exact) mass is 655 g/mol. The first-order valence-corrected chi connectivity index (χ1v) is 18.3. The molecule has 4 atom stereocenters. The van der Waals surface area contributed by atoms with Gasteiger partial charge in [0.15, 0.2) is 0 Å². The van der Waals surface area contributed by atoms with Gasteiger partial charge in [-0.15, -0.1) is 0 Å². The van der Waals surface area contributed by atoms with Gasteiger partial charge in [-0.3, -0.25) is 4.98 Å². The number of aromatic nitrogens is 1. The van der Waals surface area contributed by atoms with Crippen molar-refractivity contribution < 1.29 is 19.3 Å². The van der Waals surface area contributed by atoms with E-state index in [0.29, 0.717) is 11.8 Å². The average molecular weight is 656 g/mol. The maximum Gasteiger partial charge on any atom is 0.0957 e. The fourth-order valence-electron chi connectivity index (χ4n) is 7.21. The van der Waals surface area contributed by atoms with E-state index < -0.39 is 5.60 Å². The Bertz CT molecular complexity index is 1430. The van der Waals surface area contributed by atoms with Crippen molar-refractivity contribution in [3.8, 4) is 11.8 Å². The minimum Gasteiger partial charge on any atom is -0.385 e. The zero-order valence-electron chi connectivity index (χ0n) is 29.2. The summed E-state index contributed by atoms with van der Waals surface area (Å²) in [5.41, 5.74) is 3.48. The highest BCUT2D eigenvalue weighted by atomic mass is 16.5. The van der Waals surface area contributed by atoms with Crippen molar-refractivity contribution in [1.82, 2.24) is 15.6 Å². The molecule has 3 aromatic rings. The van der Waals surface area contributed by atoms with E-state index in [1.54, 1.807) is 14.2 Å². The summed E-state index contributed by atoms with van der Waals surface area (Å²) >= 11 is 0. The predicted octanol–water partition coefficient (Wildman–Crippen LogP) is 6.78. The number of ether oxygens (including phenoxy) is 3. The molecule has 1 aromatic heterocycles. The molecule has 3 N–H and O–H groups in total. The maximum absolute atomic E-state index is 11.8. The second-order valence-corrected chi connectivity index (χ2v) is 13.7. The molecule has 0 spiro atoms. The molecular weight excluding hydrogens is 598 g/mol.